The lowest BCUT2D eigenvalue weighted by molar-refractivity contribution is 0.574. The van der Waals surface area contributed by atoms with E-state index >= 15 is 0 Å². The van der Waals surface area contributed by atoms with Crippen molar-refractivity contribution >= 4 is 21.1 Å². The monoisotopic (exact) mass is 437 g/mol. The summed E-state index contributed by atoms with van der Waals surface area (Å²) in [5.74, 6) is 0.688. The molecule has 0 aliphatic heterocycles. The molecule has 0 radical (unpaired) electrons. The molecule has 0 aliphatic rings. The predicted octanol–water partition coefficient (Wildman–Crippen LogP) is 4.94. The van der Waals surface area contributed by atoms with E-state index in [4.69, 9.17) is 0 Å². The first kappa shape index (κ1) is 21.2. The Morgan fingerprint density at radius 3 is 2.32 bits per heavy atom. The van der Waals surface area contributed by atoms with Crippen LogP contribution in [-0.2, 0) is 16.6 Å². The highest BCUT2D eigenvalue weighted by atomic mass is 32.2. The van der Waals surface area contributed by atoms with Crippen LogP contribution in [0.15, 0.2) is 77.7 Å². The molecule has 160 valence electrons. The molecule has 3 aromatic carbocycles. The van der Waals surface area contributed by atoms with Crippen LogP contribution < -0.4 is 4.72 Å². The summed E-state index contributed by atoms with van der Waals surface area (Å²) in [6.45, 7) is 4.71. The molecule has 0 fully saturated rings. The fourth-order valence-corrected chi connectivity index (χ4v) is 4.55. The van der Waals surface area contributed by atoms with E-state index in [0.29, 0.717) is 18.3 Å². The fourth-order valence-electron chi connectivity index (χ4n) is 3.53. The third-order valence-electron chi connectivity index (χ3n) is 5.24. The number of rotatable bonds is 7. The maximum Gasteiger partial charge on any atom is 0.240 e. The van der Waals surface area contributed by atoms with Crippen LogP contribution in [0.4, 0.5) is 4.39 Å². The van der Waals surface area contributed by atoms with Gasteiger partial charge in [-0.2, -0.15) is 0 Å². The van der Waals surface area contributed by atoms with Crippen molar-refractivity contribution < 1.29 is 12.8 Å². The minimum atomic E-state index is -3.63. The van der Waals surface area contributed by atoms with Gasteiger partial charge in [0.05, 0.1) is 15.9 Å². The Balaban J connectivity index is 1.57. The van der Waals surface area contributed by atoms with E-state index in [1.165, 1.54) is 12.1 Å². The summed E-state index contributed by atoms with van der Waals surface area (Å²) in [6.07, 6.45) is 0. The second-order valence-electron chi connectivity index (χ2n) is 7.70. The molecular formula is C24H24FN3O2S. The Labute approximate surface area is 181 Å². The van der Waals surface area contributed by atoms with Gasteiger partial charge in [0.15, 0.2) is 0 Å². The topological polar surface area (TPSA) is 64.0 Å². The zero-order chi connectivity index (χ0) is 22.0. The van der Waals surface area contributed by atoms with E-state index in [1.54, 1.807) is 24.3 Å². The van der Waals surface area contributed by atoms with E-state index in [9.17, 15) is 12.8 Å². The molecule has 0 unspecified atom stereocenters. The van der Waals surface area contributed by atoms with Gasteiger partial charge in [0.2, 0.25) is 10.0 Å². The summed E-state index contributed by atoms with van der Waals surface area (Å²) in [4.78, 5) is 4.92. The summed E-state index contributed by atoms with van der Waals surface area (Å²) in [7, 11) is -3.63. The van der Waals surface area contributed by atoms with Crippen LogP contribution in [0.3, 0.4) is 0 Å². The lowest BCUT2D eigenvalue weighted by Crippen LogP contribution is -2.27. The van der Waals surface area contributed by atoms with Gasteiger partial charge in [-0.25, -0.2) is 22.5 Å². The van der Waals surface area contributed by atoms with Crippen molar-refractivity contribution in [2.24, 2.45) is 0 Å². The normalized spacial score (nSPS) is 12.0. The van der Waals surface area contributed by atoms with Crippen LogP contribution >= 0.6 is 0 Å². The third-order valence-corrected chi connectivity index (χ3v) is 6.72. The molecule has 0 aliphatic carbocycles. The average Bonchev–Trinajstić information content (AvgIpc) is 3.13. The van der Waals surface area contributed by atoms with E-state index < -0.39 is 10.0 Å². The molecule has 0 atom stereocenters. The molecule has 5 nitrogen and oxygen atoms in total. The average molecular weight is 438 g/mol. The van der Waals surface area contributed by atoms with Crippen molar-refractivity contribution in [3.8, 4) is 11.4 Å². The van der Waals surface area contributed by atoms with Gasteiger partial charge in [-0.3, -0.25) is 0 Å². The molecule has 4 rings (SSSR count). The first-order valence-electron chi connectivity index (χ1n) is 10.2. The van der Waals surface area contributed by atoms with Crippen molar-refractivity contribution in [2.45, 2.75) is 31.2 Å². The van der Waals surface area contributed by atoms with E-state index in [0.717, 1.165) is 22.2 Å². The number of halogens is 1. The number of benzene rings is 3. The summed E-state index contributed by atoms with van der Waals surface area (Å²) < 4.78 is 43.4. The molecule has 7 heteroatoms. The Morgan fingerprint density at radius 1 is 0.968 bits per heavy atom. The Hall–Kier alpha value is -3.03. The number of imidazole rings is 1. The number of nitrogens with one attached hydrogen (secondary N) is 1. The van der Waals surface area contributed by atoms with Crippen LogP contribution in [0.5, 0.6) is 0 Å². The number of para-hydroxylation sites is 2. The highest BCUT2D eigenvalue weighted by molar-refractivity contribution is 7.89. The second-order valence-corrected chi connectivity index (χ2v) is 9.47. The van der Waals surface area contributed by atoms with Crippen LogP contribution in [0.2, 0.25) is 0 Å². The first-order chi connectivity index (χ1) is 14.8. The maximum absolute atomic E-state index is 13.4. The molecule has 4 aromatic rings. The molecule has 1 heterocycles. The highest BCUT2D eigenvalue weighted by Crippen LogP contribution is 2.25. The van der Waals surface area contributed by atoms with Gasteiger partial charge in [-0.1, -0.05) is 38.1 Å². The van der Waals surface area contributed by atoms with Crippen molar-refractivity contribution in [1.82, 2.24) is 14.3 Å². The summed E-state index contributed by atoms with van der Waals surface area (Å²) in [6, 6.07) is 20.7. The van der Waals surface area contributed by atoms with Gasteiger partial charge in [-0.05, 0) is 60.0 Å². The highest BCUT2D eigenvalue weighted by Gasteiger charge is 2.16. The SMILES string of the molecule is CC(C)c1ccc(S(=O)(=O)NCCn2c(-c3ccc(F)cc3)nc3ccccc32)cc1. The van der Waals surface area contributed by atoms with Gasteiger partial charge >= 0.3 is 0 Å². The van der Waals surface area contributed by atoms with Gasteiger partial charge in [-0.15, -0.1) is 0 Å². The number of nitrogens with zero attached hydrogens (tertiary/aromatic N) is 2. The molecule has 0 amide bonds. The number of fused-ring (bicyclic) bond motifs is 1. The van der Waals surface area contributed by atoms with E-state index in [2.05, 4.69) is 23.6 Å². The molecular weight excluding hydrogens is 413 g/mol. The third kappa shape index (κ3) is 4.52. The van der Waals surface area contributed by atoms with Crippen LogP contribution in [-0.4, -0.2) is 24.5 Å². The van der Waals surface area contributed by atoms with E-state index in [-0.39, 0.29) is 17.3 Å². The summed E-state index contributed by atoms with van der Waals surface area (Å²) in [5.41, 5.74) is 3.55. The summed E-state index contributed by atoms with van der Waals surface area (Å²) in [5, 5.41) is 0. The lowest BCUT2D eigenvalue weighted by atomic mass is 10.0. The van der Waals surface area contributed by atoms with Crippen LogP contribution in [0.1, 0.15) is 25.3 Å². The van der Waals surface area contributed by atoms with Crippen molar-refractivity contribution in [3.63, 3.8) is 0 Å². The van der Waals surface area contributed by atoms with Gasteiger partial charge in [0.25, 0.3) is 0 Å². The molecule has 0 saturated carbocycles. The summed E-state index contributed by atoms with van der Waals surface area (Å²) >= 11 is 0. The predicted molar refractivity (Wildman–Crippen MR) is 121 cm³/mol. The van der Waals surface area contributed by atoms with E-state index in [1.807, 2.05) is 41.0 Å². The van der Waals surface area contributed by atoms with Crippen molar-refractivity contribution in [1.29, 1.82) is 0 Å². The second kappa shape index (κ2) is 8.61. The Morgan fingerprint density at radius 2 is 1.65 bits per heavy atom. The van der Waals surface area contributed by atoms with Crippen molar-refractivity contribution in [3.05, 3.63) is 84.2 Å². The van der Waals surface area contributed by atoms with Crippen molar-refractivity contribution in [2.75, 3.05) is 6.54 Å². The Bertz CT molecular complexity index is 1300. The molecule has 1 N–H and O–H groups in total. The number of aromatic nitrogens is 2. The van der Waals surface area contributed by atoms with Gasteiger partial charge in [0.1, 0.15) is 11.6 Å². The zero-order valence-electron chi connectivity index (χ0n) is 17.4. The quantitative estimate of drug-likeness (QED) is 0.445. The lowest BCUT2D eigenvalue weighted by Gasteiger charge is -2.12. The maximum atomic E-state index is 13.4. The fraction of sp³-hybridized carbons (Fsp3) is 0.208. The molecule has 0 saturated heterocycles. The standard InChI is InChI=1S/C24H24FN3O2S/c1-17(2)18-9-13-21(14-10-18)31(29,30)26-15-16-28-23-6-4-3-5-22(23)27-24(28)19-7-11-20(25)12-8-19/h3-14,17,26H,15-16H2,1-2H3. The molecule has 1 aromatic heterocycles. The number of hydrogen-bond donors (Lipinski definition) is 1. The van der Waals surface area contributed by atoms with Gasteiger partial charge < -0.3 is 4.57 Å². The number of sulfonamides is 1. The zero-order valence-corrected chi connectivity index (χ0v) is 18.2. The molecule has 0 spiro atoms. The van der Waals surface area contributed by atoms with Crippen LogP contribution in [0.25, 0.3) is 22.4 Å². The largest absolute Gasteiger partial charge is 0.323 e. The minimum Gasteiger partial charge on any atom is -0.323 e. The first-order valence-corrected chi connectivity index (χ1v) is 11.6. The molecule has 0 bridgehead atoms. The number of hydrogen-bond acceptors (Lipinski definition) is 3. The Kier molecular flexibility index (Phi) is 5.89. The van der Waals surface area contributed by atoms with Gasteiger partial charge in [0, 0.05) is 18.7 Å². The molecule has 31 heavy (non-hydrogen) atoms. The smallest absolute Gasteiger partial charge is 0.240 e. The van der Waals surface area contributed by atoms with Crippen LogP contribution in [0, 0.1) is 5.82 Å². The minimum absolute atomic E-state index is 0.197.